The minimum absolute atomic E-state index is 0.521. The van der Waals surface area contributed by atoms with Gasteiger partial charge in [0.2, 0.25) is 0 Å². The molecule has 0 unspecified atom stereocenters. The lowest BCUT2D eigenvalue weighted by Crippen LogP contribution is -2.17. The molecule has 0 bridgehead atoms. The SMILES string of the molecule is Cc1ccc(CN(C)c2ccc(Br)cc2CCl)cc1. The topological polar surface area (TPSA) is 3.24 Å². The monoisotopic (exact) mass is 337 g/mol. The van der Waals surface area contributed by atoms with Crippen molar-refractivity contribution in [1.82, 2.24) is 0 Å². The smallest absolute Gasteiger partial charge is 0.0494 e. The molecule has 0 fully saturated rings. The van der Waals surface area contributed by atoms with E-state index in [0.717, 1.165) is 16.6 Å². The summed E-state index contributed by atoms with van der Waals surface area (Å²) in [6.45, 7) is 2.99. The Hall–Kier alpha value is -0.990. The minimum Gasteiger partial charge on any atom is -0.370 e. The highest BCUT2D eigenvalue weighted by molar-refractivity contribution is 9.10. The molecule has 0 spiro atoms. The maximum absolute atomic E-state index is 6.02. The summed E-state index contributed by atoms with van der Waals surface area (Å²) in [6.07, 6.45) is 0. The van der Waals surface area contributed by atoms with Crippen LogP contribution in [0.3, 0.4) is 0 Å². The highest BCUT2D eigenvalue weighted by Gasteiger charge is 2.08. The van der Waals surface area contributed by atoms with E-state index in [0.29, 0.717) is 5.88 Å². The van der Waals surface area contributed by atoms with Crippen LogP contribution in [0.5, 0.6) is 0 Å². The molecule has 0 N–H and O–H groups in total. The zero-order chi connectivity index (χ0) is 13.8. The van der Waals surface area contributed by atoms with Crippen LogP contribution >= 0.6 is 27.5 Å². The molecule has 2 rings (SSSR count). The van der Waals surface area contributed by atoms with Crippen LogP contribution in [0.15, 0.2) is 46.9 Å². The van der Waals surface area contributed by atoms with Gasteiger partial charge < -0.3 is 4.90 Å². The first kappa shape index (κ1) is 14.4. The second-order valence-electron chi connectivity index (χ2n) is 4.75. The number of hydrogen-bond acceptors (Lipinski definition) is 1. The van der Waals surface area contributed by atoms with Gasteiger partial charge in [0, 0.05) is 29.6 Å². The summed E-state index contributed by atoms with van der Waals surface area (Å²) in [5.41, 5.74) is 4.91. The van der Waals surface area contributed by atoms with Crippen LogP contribution in [0, 0.1) is 6.92 Å². The largest absolute Gasteiger partial charge is 0.370 e. The molecular weight excluding hydrogens is 322 g/mol. The maximum Gasteiger partial charge on any atom is 0.0494 e. The molecule has 3 heteroatoms. The first-order valence-corrected chi connectivity index (χ1v) is 7.54. The van der Waals surface area contributed by atoms with Gasteiger partial charge in [-0.15, -0.1) is 11.6 Å². The third-order valence-electron chi connectivity index (χ3n) is 3.14. The van der Waals surface area contributed by atoms with E-state index in [4.69, 9.17) is 11.6 Å². The summed E-state index contributed by atoms with van der Waals surface area (Å²) in [6, 6.07) is 14.9. The molecule has 0 radical (unpaired) electrons. The van der Waals surface area contributed by atoms with E-state index in [1.165, 1.54) is 16.8 Å². The predicted octanol–water partition coefficient (Wildman–Crippen LogP) is 5.13. The van der Waals surface area contributed by atoms with E-state index in [1.54, 1.807) is 0 Å². The summed E-state index contributed by atoms with van der Waals surface area (Å²) >= 11 is 9.51. The van der Waals surface area contributed by atoms with Gasteiger partial charge >= 0.3 is 0 Å². The van der Waals surface area contributed by atoms with E-state index < -0.39 is 0 Å². The van der Waals surface area contributed by atoms with Gasteiger partial charge in [-0.05, 0) is 36.2 Å². The second kappa shape index (κ2) is 6.44. The lowest BCUT2D eigenvalue weighted by molar-refractivity contribution is 0.915. The Morgan fingerprint density at radius 2 is 1.79 bits per heavy atom. The van der Waals surface area contributed by atoms with Crippen LogP contribution < -0.4 is 4.90 Å². The first-order valence-electron chi connectivity index (χ1n) is 6.21. The molecular formula is C16H17BrClN. The van der Waals surface area contributed by atoms with Crippen molar-refractivity contribution in [1.29, 1.82) is 0 Å². The average molecular weight is 339 g/mol. The van der Waals surface area contributed by atoms with Crippen molar-refractivity contribution in [2.24, 2.45) is 0 Å². The molecule has 0 saturated heterocycles. The quantitative estimate of drug-likeness (QED) is 0.698. The number of hydrogen-bond donors (Lipinski definition) is 0. The highest BCUT2D eigenvalue weighted by atomic mass is 79.9. The number of halogens is 2. The Morgan fingerprint density at radius 3 is 2.42 bits per heavy atom. The van der Waals surface area contributed by atoms with Crippen LogP contribution in [-0.2, 0) is 12.4 Å². The molecule has 19 heavy (non-hydrogen) atoms. The molecule has 0 atom stereocenters. The van der Waals surface area contributed by atoms with Gasteiger partial charge in [0.25, 0.3) is 0 Å². The van der Waals surface area contributed by atoms with Gasteiger partial charge in [0.05, 0.1) is 0 Å². The number of alkyl halides is 1. The number of nitrogens with zero attached hydrogens (tertiary/aromatic N) is 1. The molecule has 0 aromatic heterocycles. The normalized spacial score (nSPS) is 10.5. The third-order valence-corrected chi connectivity index (χ3v) is 3.92. The van der Waals surface area contributed by atoms with Gasteiger partial charge in [0.15, 0.2) is 0 Å². The molecule has 100 valence electrons. The number of rotatable bonds is 4. The molecule has 2 aromatic rings. The van der Waals surface area contributed by atoms with E-state index in [-0.39, 0.29) is 0 Å². The van der Waals surface area contributed by atoms with Gasteiger partial charge in [-0.3, -0.25) is 0 Å². The van der Waals surface area contributed by atoms with Gasteiger partial charge in [-0.1, -0.05) is 45.8 Å². The van der Waals surface area contributed by atoms with Gasteiger partial charge in [-0.25, -0.2) is 0 Å². The Bertz CT molecular complexity index is 551. The van der Waals surface area contributed by atoms with Crippen LogP contribution in [-0.4, -0.2) is 7.05 Å². The number of aryl methyl sites for hydroxylation is 1. The van der Waals surface area contributed by atoms with E-state index in [2.05, 4.69) is 77.3 Å². The van der Waals surface area contributed by atoms with Gasteiger partial charge in [-0.2, -0.15) is 0 Å². The van der Waals surface area contributed by atoms with Crippen molar-refractivity contribution in [3.8, 4) is 0 Å². The lowest BCUT2D eigenvalue weighted by Gasteiger charge is -2.22. The van der Waals surface area contributed by atoms with Gasteiger partial charge in [0.1, 0.15) is 0 Å². The summed E-state index contributed by atoms with van der Waals surface area (Å²) in [7, 11) is 2.10. The molecule has 0 aliphatic carbocycles. The summed E-state index contributed by atoms with van der Waals surface area (Å²) in [5.74, 6) is 0.521. The standard InChI is InChI=1S/C16H17BrClN/c1-12-3-5-13(6-4-12)11-19(2)16-8-7-15(17)9-14(16)10-18/h3-9H,10-11H2,1-2H3. The Kier molecular flexibility index (Phi) is 4.89. The maximum atomic E-state index is 6.02. The van der Waals surface area contributed by atoms with Crippen molar-refractivity contribution in [3.05, 3.63) is 63.6 Å². The molecule has 0 amide bonds. The summed E-state index contributed by atoms with van der Waals surface area (Å²) in [4.78, 5) is 2.23. The minimum atomic E-state index is 0.521. The van der Waals surface area contributed by atoms with Crippen LogP contribution in [0.25, 0.3) is 0 Å². The fourth-order valence-electron chi connectivity index (χ4n) is 2.09. The Morgan fingerprint density at radius 1 is 1.11 bits per heavy atom. The Balaban J connectivity index is 2.19. The van der Waals surface area contributed by atoms with Crippen molar-refractivity contribution in [2.75, 3.05) is 11.9 Å². The predicted molar refractivity (Wildman–Crippen MR) is 87.0 cm³/mol. The summed E-state index contributed by atoms with van der Waals surface area (Å²) in [5, 5.41) is 0. The number of anilines is 1. The first-order chi connectivity index (χ1) is 9.10. The number of benzene rings is 2. The lowest BCUT2D eigenvalue weighted by atomic mass is 10.1. The third kappa shape index (κ3) is 3.74. The molecule has 0 aliphatic heterocycles. The van der Waals surface area contributed by atoms with Crippen LogP contribution in [0.4, 0.5) is 5.69 Å². The highest BCUT2D eigenvalue weighted by Crippen LogP contribution is 2.26. The van der Waals surface area contributed by atoms with E-state index in [1.807, 2.05) is 0 Å². The molecule has 1 nitrogen and oxygen atoms in total. The van der Waals surface area contributed by atoms with Crippen LogP contribution in [0.2, 0.25) is 0 Å². The van der Waals surface area contributed by atoms with Crippen LogP contribution in [0.1, 0.15) is 16.7 Å². The molecule has 0 heterocycles. The van der Waals surface area contributed by atoms with E-state index >= 15 is 0 Å². The molecule has 0 saturated carbocycles. The van der Waals surface area contributed by atoms with Crippen molar-refractivity contribution in [3.63, 3.8) is 0 Å². The second-order valence-corrected chi connectivity index (χ2v) is 5.93. The fourth-order valence-corrected chi connectivity index (χ4v) is 2.71. The van der Waals surface area contributed by atoms with Crippen molar-refractivity contribution in [2.45, 2.75) is 19.3 Å². The fraction of sp³-hybridized carbons (Fsp3) is 0.250. The van der Waals surface area contributed by atoms with Crippen molar-refractivity contribution < 1.29 is 0 Å². The van der Waals surface area contributed by atoms with E-state index in [9.17, 15) is 0 Å². The average Bonchev–Trinajstić information content (AvgIpc) is 2.41. The Labute approximate surface area is 128 Å². The zero-order valence-corrected chi connectivity index (χ0v) is 13.5. The van der Waals surface area contributed by atoms with Crippen molar-refractivity contribution >= 4 is 33.2 Å². The zero-order valence-electron chi connectivity index (χ0n) is 11.2. The summed E-state index contributed by atoms with van der Waals surface area (Å²) < 4.78 is 1.07. The molecule has 0 aliphatic rings. The molecule has 2 aromatic carbocycles.